The summed E-state index contributed by atoms with van der Waals surface area (Å²) in [6, 6.07) is 1.95. The fraction of sp³-hybridized carbons (Fsp3) is 0.333. The fourth-order valence-electron chi connectivity index (χ4n) is 2.15. The van der Waals surface area contributed by atoms with E-state index in [1.807, 2.05) is 22.0 Å². The Bertz CT molecular complexity index is 817. The molecule has 3 aromatic rings. The molecule has 0 saturated heterocycles. The number of nitrogen functional groups attached to an aromatic ring is 1. The zero-order chi connectivity index (χ0) is 15.9. The predicted molar refractivity (Wildman–Crippen MR) is 92.9 cm³/mol. The molecule has 3 heterocycles. The van der Waals surface area contributed by atoms with Crippen molar-refractivity contribution >= 4 is 33.9 Å². The predicted octanol–water partition coefficient (Wildman–Crippen LogP) is 3.94. The fourth-order valence-corrected chi connectivity index (χ4v) is 3.77. The van der Waals surface area contributed by atoms with Crippen LogP contribution in [0.25, 0.3) is 17.0 Å². The van der Waals surface area contributed by atoms with Crippen LogP contribution in [-0.2, 0) is 0 Å². The van der Waals surface area contributed by atoms with Crippen molar-refractivity contribution in [2.75, 3.05) is 12.8 Å². The monoisotopic (exact) mass is 334 g/mol. The van der Waals surface area contributed by atoms with Crippen molar-refractivity contribution in [1.29, 1.82) is 0 Å². The van der Waals surface area contributed by atoms with Crippen LogP contribution in [0.15, 0.2) is 28.7 Å². The molecule has 0 fully saturated rings. The highest BCUT2D eigenvalue weighted by atomic mass is 32.2. The number of methoxy groups -OCH3 is 1. The Kier molecular flexibility index (Phi) is 3.78. The Morgan fingerprint density at radius 1 is 1.36 bits per heavy atom. The maximum atomic E-state index is 5.74. The Morgan fingerprint density at radius 3 is 2.73 bits per heavy atom. The van der Waals surface area contributed by atoms with Crippen LogP contribution >= 0.6 is 23.1 Å². The van der Waals surface area contributed by atoms with Crippen LogP contribution in [0.5, 0.6) is 5.75 Å². The number of nitrogens with two attached hydrogens (primary N) is 1. The SMILES string of the molecule is COc1cc2ncc(-c3csc(N)n3)n2cc1SC(C)(C)C. The topological polar surface area (TPSA) is 65.4 Å². The molecule has 0 amide bonds. The van der Waals surface area contributed by atoms with Gasteiger partial charge in [0.1, 0.15) is 17.1 Å². The van der Waals surface area contributed by atoms with Gasteiger partial charge in [0.15, 0.2) is 5.13 Å². The van der Waals surface area contributed by atoms with E-state index in [2.05, 4.69) is 36.9 Å². The number of imidazole rings is 1. The van der Waals surface area contributed by atoms with Crippen LogP contribution in [-0.4, -0.2) is 26.2 Å². The van der Waals surface area contributed by atoms with E-state index in [4.69, 9.17) is 10.5 Å². The first-order valence-corrected chi connectivity index (χ1v) is 8.52. The molecule has 116 valence electrons. The van der Waals surface area contributed by atoms with Gasteiger partial charge in [0.25, 0.3) is 0 Å². The number of rotatable bonds is 3. The zero-order valence-corrected chi connectivity index (χ0v) is 14.6. The molecule has 0 radical (unpaired) electrons. The molecule has 3 aromatic heterocycles. The second-order valence-corrected chi connectivity index (χ2v) is 8.62. The molecule has 0 aliphatic rings. The molecule has 7 heteroatoms. The molecule has 0 atom stereocenters. The zero-order valence-electron chi connectivity index (χ0n) is 13.0. The first kappa shape index (κ1) is 15.2. The summed E-state index contributed by atoms with van der Waals surface area (Å²) in [5.74, 6) is 0.836. The van der Waals surface area contributed by atoms with E-state index in [0.29, 0.717) is 5.13 Å². The molecule has 0 aromatic carbocycles. The van der Waals surface area contributed by atoms with E-state index in [-0.39, 0.29) is 4.75 Å². The molecule has 0 spiro atoms. The van der Waals surface area contributed by atoms with Crippen LogP contribution in [0, 0.1) is 0 Å². The van der Waals surface area contributed by atoms with Crippen LogP contribution < -0.4 is 10.5 Å². The average molecular weight is 334 g/mol. The minimum absolute atomic E-state index is 0.0900. The lowest BCUT2D eigenvalue weighted by Gasteiger charge is -2.19. The quantitative estimate of drug-likeness (QED) is 0.735. The lowest BCUT2D eigenvalue weighted by Crippen LogP contribution is -2.07. The number of hydrogen-bond acceptors (Lipinski definition) is 6. The lowest BCUT2D eigenvalue weighted by molar-refractivity contribution is 0.404. The molecule has 0 aliphatic heterocycles. The van der Waals surface area contributed by atoms with Crippen LogP contribution in [0.4, 0.5) is 5.13 Å². The second-order valence-electron chi connectivity index (χ2n) is 5.86. The standard InChI is InChI=1S/C15H18N4OS2/c1-15(2,3)22-12-7-19-10(9-8-21-14(16)18-9)6-17-13(19)5-11(12)20-4/h5-8H,1-4H3,(H2,16,18). The lowest BCUT2D eigenvalue weighted by atomic mass is 10.3. The van der Waals surface area contributed by atoms with E-state index in [0.717, 1.165) is 27.7 Å². The number of ether oxygens (including phenoxy) is 1. The van der Waals surface area contributed by atoms with Crippen LogP contribution in [0.2, 0.25) is 0 Å². The van der Waals surface area contributed by atoms with Crippen LogP contribution in [0.3, 0.4) is 0 Å². The van der Waals surface area contributed by atoms with Crippen molar-refractivity contribution in [1.82, 2.24) is 14.4 Å². The van der Waals surface area contributed by atoms with Gasteiger partial charge in [0.05, 0.1) is 23.9 Å². The van der Waals surface area contributed by atoms with Gasteiger partial charge in [0, 0.05) is 22.4 Å². The van der Waals surface area contributed by atoms with Crippen molar-refractivity contribution in [3.8, 4) is 17.1 Å². The Morgan fingerprint density at radius 2 is 2.14 bits per heavy atom. The number of hydrogen-bond donors (Lipinski definition) is 1. The minimum Gasteiger partial charge on any atom is -0.495 e. The third kappa shape index (κ3) is 2.91. The smallest absolute Gasteiger partial charge is 0.180 e. The molecule has 2 N–H and O–H groups in total. The second kappa shape index (κ2) is 5.48. The summed E-state index contributed by atoms with van der Waals surface area (Å²) in [5, 5.41) is 2.50. The van der Waals surface area contributed by atoms with Gasteiger partial charge in [-0.25, -0.2) is 9.97 Å². The first-order valence-electron chi connectivity index (χ1n) is 6.83. The van der Waals surface area contributed by atoms with E-state index in [1.54, 1.807) is 18.9 Å². The number of thiazole rings is 1. The minimum atomic E-state index is 0.0900. The Balaban J connectivity index is 2.15. The number of aromatic nitrogens is 3. The molecule has 0 aliphatic carbocycles. The number of pyridine rings is 1. The summed E-state index contributed by atoms with van der Waals surface area (Å²) in [5.41, 5.74) is 8.34. The normalized spacial score (nSPS) is 12.0. The maximum Gasteiger partial charge on any atom is 0.180 e. The highest BCUT2D eigenvalue weighted by molar-refractivity contribution is 8.00. The van der Waals surface area contributed by atoms with Crippen molar-refractivity contribution in [3.05, 3.63) is 23.8 Å². The third-order valence-corrected chi connectivity index (χ3v) is 4.81. The van der Waals surface area contributed by atoms with Gasteiger partial charge in [-0.1, -0.05) is 20.8 Å². The third-order valence-electron chi connectivity index (χ3n) is 3.00. The average Bonchev–Trinajstić information content (AvgIpc) is 3.01. The van der Waals surface area contributed by atoms with Gasteiger partial charge in [-0.3, -0.25) is 4.40 Å². The van der Waals surface area contributed by atoms with E-state index < -0.39 is 0 Å². The number of thioether (sulfide) groups is 1. The van der Waals surface area contributed by atoms with Gasteiger partial charge >= 0.3 is 0 Å². The van der Waals surface area contributed by atoms with Crippen molar-refractivity contribution in [3.63, 3.8) is 0 Å². The molecule has 0 saturated carbocycles. The summed E-state index contributed by atoms with van der Waals surface area (Å²) in [4.78, 5) is 9.87. The molecule has 0 unspecified atom stereocenters. The summed E-state index contributed by atoms with van der Waals surface area (Å²) < 4.78 is 7.63. The summed E-state index contributed by atoms with van der Waals surface area (Å²) >= 11 is 3.19. The van der Waals surface area contributed by atoms with Gasteiger partial charge in [-0.05, 0) is 0 Å². The number of anilines is 1. The van der Waals surface area contributed by atoms with Crippen molar-refractivity contribution < 1.29 is 4.74 Å². The van der Waals surface area contributed by atoms with E-state index in [1.165, 1.54) is 11.3 Å². The van der Waals surface area contributed by atoms with Gasteiger partial charge < -0.3 is 10.5 Å². The van der Waals surface area contributed by atoms with Crippen LogP contribution in [0.1, 0.15) is 20.8 Å². The van der Waals surface area contributed by atoms with Crippen molar-refractivity contribution in [2.24, 2.45) is 0 Å². The Labute approximate surface area is 137 Å². The molecule has 3 rings (SSSR count). The summed E-state index contributed by atoms with van der Waals surface area (Å²) in [7, 11) is 1.68. The number of nitrogens with zero attached hydrogens (tertiary/aromatic N) is 3. The molecule has 22 heavy (non-hydrogen) atoms. The first-order chi connectivity index (χ1) is 10.4. The van der Waals surface area contributed by atoms with Gasteiger partial charge in [-0.15, -0.1) is 23.1 Å². The van der Waals surface area contributed by atoms with Gasteiger partial charge in [0.2, 0.25) is 0 Å². The molecule has 5 nitrogen and oxygen atoms in total. The maximum absolute atomic E-state index is 5.74. The highest BCUT2D eigenvalue weighted by Crippen LogP contribution is 2.39. The Hall–Kier alpha value is -1.73. The molecular weight excluding hydrogens is 316 g/mol. The summed E-state index contributed by atoms with van der Waals surface area (Å²) in [6.45, 7) is 6.53. The largest absolute Gasteiger partial charge is 0.495 e. The molecule has 0 bridgehead atoms. The highest BCUT2D eigenvalue weighted by Gasteiger charge is 2.18. The van der Waals surface area contributed by atoms with Crippen molar-refractivity contribution in [2.45, 2.75) is 30.4 Å². The van der Waals surface area contributed by atoms with E-state index >= 15 is 0 Å². The van der Waals surface area contributed by atoms with E-state index in [9.17, 15) is 0 Å². The number of fused-ring (bicyclic) bond motifs is 1. The summed E-state index contributed by atoms with van der Waals surface area (Å²) in [6.07, 6.45) is 3.87. The van der Waals surface area contributed by atoms with Gasteiger partial charge in [-0.2, -0.15) is 0 Å². The molecular formula is C15H18N4OS2.